The number of hydrogen-bond acceptors (Lipinski definition) is 6. The topological polar surface area (TPSA) is 54.5 Å². The first-order valence-corrected chi connectivity index (χ1v) is 12.9. The number of ether oxygens (including phenoxy) is 3. The van der Waals surface area contributed by atoms with E-state index in [4.69, 9.17) is 14.2 Å². The van der Waals surface area contributed by atoms with E-state index in [2.05, 4.69) is 41.8 Å². The first-order valence-electron chi connectivity index (χ1n) is 12.9. The lowest BCUT2D eigenvalue weighted by Crippen LogP contribution is -2.54. The molecule has 3 aliphatic heterocycles. The van der Waals surface area contributed by atoms with Crippen molar-refractivity contribution in [3.05, 3.63) is 24.3 Å². The standard InChI is InChI=1S/C27H38N2O4/c1-18-15-28(10-11-29(18)19-6-4-7-20(12-19)31-3)16-22-21-13-24-26(2,14-23(21)33-25(22)30)8-5-9-27(24)17-32-27/h4,6-7,12,18,21-24H,5,8-11,13-17H2,1-3H3/t18?,21-,22?,23-,24?,26-,27?/m1/s1. The average molecular weight is 455 g/mol. The predicted octanol–water partition coefficient (Wildman–Crippen LogP) is 3.73. The number of rotatable bonds is 4. The van der Waals surface area contributed by atoms with E-state index >= 15 is 0 Å². The molecule has 33 heavy (non-hydrogen) atoms. The van der Waals surface area contributed by atoms with Crippen LogP contribution in [-0.4, -0.2) is 68.5 Å². The Kier molecular flexibility index (Phi) is 5.18. The highest BCUT2D eigenvalue weighted by Crippen LogP contribution is 2.62. The van der Waals surface area contributed by atoms with E-state index in [-0.39, 0.29) is 29.0 Å². The molecule has 3 heterocycles. The van der Waals surface area contributed by atoms with E-state index in [9.17, 15) is 4.79 Å². The molecule has 180 valence electrons. The minimum absolute atomic E-state index is 0.00726. The summed E-state index contributed by atoms with van der Waals surface area (Å²) in [4.78, 5) is 18.0. The second-order valence-electron chi connectivity index (χ2n) is 11.6. The van der Waals surface area contributed by atoms with E-state index in [1.165, 1.54) is 24.9 Å². The van der Waals surface area contributed by atoms with Crippen molar-refractivity contribution >= 4 is 11.7 Å². The number of nitrogens with zero attached hydrogens (tertiary/aromatic N) is 2. The third kappa shape index (κ3) is 3.65. The van der Waals surface area contributed by atoms with Crippen molar-refractivity contribution in [2.24, 2.45) is 23.2 Å². The van der Waals surface area contributed by atoms with Crippen LogP contribution in [0.1, 0.15) is 46.0 Å². The predicted molar refractivity (Wildman–Crippen MR) is 126 cm³/mol. The molecule has 1 aromatic carbocycles. The minimum Gasteiger partial charge on any atom is -0.497 e. The lowest BCUT2D eigenvalue weighted by molar-refractivity contribution is -0.147. The highest BCUT2D eigenvalue weighted by Gasteiger charge is 2.65. The van der Waals surface area contributed by atoms with Gasteiger partial charge in [-0.25, -0.2) is 0 Å². The summed E-state index contributed by atoms with van der Waals surface area (Å²) in [6, 6.07) is 8.71. The van der Waals surface area contributed by atoms with E-state index in [0.717, 1.165) is 51.4 Å². The SMILES string of the molecule is COc1cccc(N2CCN(CC3C(=O)O[C@@H]4C[C@@]5(C)CCCC6(CO6)C5C[C@H]34)CC2C)c1. The Bertz CT molecular complexity index is 917. The van der Waals surface area contributed by atoms with Crippen LogP contribution in [0, 0.1) is 23.2 Å². The van der Waals surface area contributed by atoms with Gasteiger partial charge in [-0.1, -0.05) is 13.0 Å². The second kappa shape index (κ2) is 7.88. The lowest BCUT2D eigenvalue weighted by atomic mass is 9.53. The number of hydrogen-bond donors (Lipinski definition) is 0. The largest absolute Gasteiger partial charge is 0.497 e. The Labute approximate surface area is 197 Å². The molecule has 2 saturated carbocycles. The summed E-state index contributed by atoms with van der Waals surface area (Å²) in [6.07, 6.45) is 5.92. The van der Waals surface area contributed by atoms with Gasteiger partial charge in [-0.15, -0.1) is 0 Å². The molecule has 3 saturated heterocycles. The fourth-order valence-corrected chi connectivity index (χ4v) is 7.82. The average Bonchev–Trinajstić information content (AvgIpc) is 3.50. The van der Waals surface area contributed by atoms with Gasteiger partial charge in [0.05, 0.1) is 25.2 Å². The van der Waals surface area contributed by atoms with Crippen molar-refractivity contribution in [1.29, 1.82) is 0 Å². The summed E-state index contributed by atoms with van der Waals surface area (Å²) < 4.78 is 17.5. The summed E-state index contributed by atoms with van der Waals surface area (Å²) in [7, 11) is 1.72. The van der Waals surface area contributed by atoms with Gasteiger partial charge in [0.2, 0.25) is 0 Å². The molecule has 5 aliphatic rings. The Balaban J connectivity index is 1.13. The smallest absolute Gasteiger partial charge is 0.310 e. The summed E-state index contributed by atoms with van der Waals surface area (Å²) in [5.74, 6) is 1.88. The van der Waals surface area contributed by atoms with Gasteiger partial charge in [-0.05, 0) is 62.5 Å². The zero-order chi connectivity index (χ0) is 22.8. The molecule has 5 fully saturated rings. The zero-order valence-electron chi connectivity index (χ0n) is 20.3. The summed E-state index contributed by atoms with van der Waals surface area (Å²) in [5, 5.41) is 0. The Hall–Kier alpha value is -1.79. The zero-order valence-corrected chi connectivity index (χ0v) is 20.3. The van der Waals surface area contributed by atoms with Gasteiger partial charge in [0.1, 0.15) is 11.9 Å². The molecule has 0 radical (unpaired) electrons. The van der Waals surface area contributed by atoms with Gasteiger partial charge in [0.25, 0.3) is 0 Å². The Morgan fingerprint density at radius 1 is 1.24 bits per heavy atom. The van der Waals surface area contributed by atoms with Crippen molar-refractivity contribution in [3.63, 3.8) is 0 Å². The van der Waals surface area contributed by atoms with Crippen LogP contribution in [0.3, 0.4) is 0 Å². The summed E-state index contributed by atoms with van der Waals surface area (Å²) in [5.41, 5.74) is 1.59. The maximum Gasteiger partial charge on any atom is 0.310 e. The van der Waals surface area contributed by atoms with Gasteiger partial charge in [-0.3, -0.25) is 9.69 Å². The molecular formula is C27H38N2O4. The molecule has 2 aliphatic carbocycles. The molecule has 0 bridgehead atoms. The quantitative estimate of drug-likeness (QED) is 0.510. The van der Waals surface area contributed by atoms with Crippen LogP contribution < -0.4 is 9.64 Å². The molecular weight excluding hydrogens is 416 g/mol. The van der Waals surface area contributed by atoms with Crippen LogP contribution in [0.15, 0.2) is 24.3 Å². The number of fused-ring (bicyclic) bond motifs is 3. The number of anilines is 1. The van der Waals surface area contributed by atoms with Crippen molar-refractivity contribution in [3.8, 4) is 5.75 Å². The third-order valence-electron chi connectivity index (χ3n) is 9.63. The number of epoxide rings is 1. The van der Waals surface area contributed by atoms with Crippen molar-refractivity contribution in [2.75, 3.05) is 44.8 Å². The number of carbonyl (C=O) groups excluding carboxylic acids is 1. The third-order valence-corrected chi connectivity index (χ3v) is 9.63. The first kappa shape index (κ1) is 21.7. The molecule has 4 unspecified atom stereocenters. The summed E-state index contributed by atoms with van der Waals surface area (Å²) in [6.45, 7) is 9.35. The Morgan fingerprint density at radius 3 is 2.85 bits per heavy atom. The minimum atomic E-state index is 0.00726. The number of methoxy groups -OCH3 is 1. The lowest BCUT2D eigenvalue weighted by Gasteiger charge is -2.51. The maximum atomic E-state index is 13.0. The first-order chi connectivity index (χ1) is 15.9. The molecule has 6 heteroatoms. The highest BCUT2D eigenvalue weighted by atomic mass is 16.6. The normalized spacial score (nSPS) is 42.6. The van der Waals surface area contributed by atoms with Crippen LogP contribution in [0.2, 0.25) is 0 Å². The van der Waals surface area contributed by atoms with Crippen LogP contribution in [-0.2, 0) is 14.3 Å². The summed E-state index contributed by atoms with van der Waals surface area (Å²) >= 11 is 0. The molecule has 6 nitrogen and oxygen atoms in total. The number of benzene rings is 1. The highest BCUT2D eigenvalue weighted by molar-refractivity contribution is 5.75. The fraction of sp³-hybridized carbons (Fsp3) is 0.741. The van der Waals surface area contributed by atoms with Crippen LogP contribution in [0.5, 0.6) is 5.75 Å². The maximum absolute atomic E-state index is 13.0. The van der Waals surface area contributed by atoms with E-state index in [1.807, 2.05) is 6.07 Å². The number of carbonyl (C=O) groups is 1. The van der Waals surface area contributed by atoms with Crippen LogP contribution in [0.25, 0.3) is 0 Å². The van der Waals surface area contributed by atoms with Crippen LogP contribution >= 0.6 is 0 Å². The van der Waals surface area contributed by atoms with Crippen molar-refractivity contribution < 1.29 is 19.0 Å². The fourth-order valence-electron chi connectivity index (χ4n) is 7.82. The van der Waals surface area contributed by atoms with E-state index in [0.29, 0.717) is 17.9 Å². The molecule has 0 aromatic heterocycles. The van der Waals surface area contributed by atoms with Crippen molar-refractivity contribution in [2.45, 2.75) is 63.7 Å². The monoisotopic (exact) mass is 454 g/mol. The van der Waals surface area contributed by atoms with Crippen LogP contribution in [0.4, 0.5) is 5.69 Å². The van der Waals surface area contributed by atoms with E-state index in [1.54, 1.807) is 7.11 Å². The molecule has 6 rings (SSSR count). The molecule has 0 N–H and O–H groups in total. The number of esters is 1. The molecule has 1 spiro atoms. The number of piperazine rings is 1. The van der Waals surface area contributed by atoms with Gasteiger partial charge in [0.15, 0.2) is 0 Å². The van der Waals surface area contributed by atoms with Gasteiger partial charge in [-0.2, -0.15) is 0 Å². The van der Waals surface area contributed by atoms with E-state index < -0.39 is 0 Å². The Morgan fingerprint density at radius 2 is 2.09 bits per heavy atom. The molecule has 1 aromatic rings. The molecule has 7 atom stereocenters. The van der Waals surface area contributed by atoms with Gasteiger partial charge < -0.3 is 19.1 Å². The second-order valence-corrected chi connectivity index (χ2v) is 11.6. The van der Waals surface area contributed by atoms with Gasteiger partial charge >= 0.3 is 5.97 Å². The van der Waals surface area contributed by atoms with Gasteiger partial charge in [0, 0.05) is 49.9 Å². The molecule has 0 amide bonds. The van der Waals surface area contributed by atoms with Crippen molar-refractivity contribution in [1.82, 2.24) is 4.90 Å².